The number of amides is 2. The number of halogens is 3. The summed E-state index contributed by atoms with van der Waals surface area (Å²) in [6.07, 6.45) is -4.11. The zero-order valence-corrected chi connectivity index (χ0v) is 12.4. The Labute approximate surface area is 126 Å². The van der Waals surface area contributed by atoms with Crippen LogP contribution in [-0.2, 0) is 22.2 Å². The molecule has 1 atom stereocenters. The molecule has 0 aliphatic carbocycles. The van der Waals surface area contributed by atoms with Crippen molar-refractivity contribution in [2.75, 3.05) is 0 Å². The number of primary amides is 1. The molecule has 4 nitrogen and oxygen atoms in total. The number of nitrogens with one attached hydrogen (secondary N) is 1. The van der Waals surface area contributed by atoms with E-state index in [1.165, 1.54) is 12.1 Å². The van der Waals surface area contributed by atoms with Crippen LogP contribution in [-0.4, -0.2) is 17.9 Å². The van der Waals surface area contributed by atoms with Crippen LogP contribution >= 0.6 is 0 Å². The fraction of sp³-hybridized carbons (Fsp3) is 0.467. The first kappa shape index (κ1) is 18.0. The van der Waals surface area contributed by atoms with E-state index in [2.05, 4.69) is 5.32 Å². The smallest absolute Gasteiger partial charge is 0.368 e. The highest BCUT2D eigenvalue weighted by atomic mass is 19.4. The molecule has 0 heterocycles. The Kier molecular flexibility index (Phi) is 5.96. The summed E-state index contributed by atoms with van der Waals surface area (Å²) in [4.78, 5) is 23.1. The Morgan fingerprint density at radius 1 is 1.18 bits per heavy atom. The predicted molar refractivity (Wildman–Crippen MR) is 75.7 cm³/mol. The average Bonchev–Trinajstić information content (AvgIpc) is 2.36. The Balaban J connectivity index is 2.66. The van der Waals surface area contributed by atoms with E-state index in [1.54, 1.807) is 0 Å². The number of carbonyl (C=O) groups is 2. The van der Waals surface area contributed by atoms with Gasteiger partial charge < -0.3 is 11.1 Å². The molecular weight excluding hydrogens is 297 g/mol. The zero-order valence-electron chi connectivity index (χ0n) is 12.4. The number of carbonyl (C=O) groups excluding carboxylic acids is 2. The third-order valence-electron chi connectivity index (χ3n) is 3.03. The van der Waals surface area contributed by atoms with Crippen molar-refractivity contribution >= 4 is 11.8 Å². The number of hydrogen-bond donors (Lipinski definition) is 2. The van der Waals surface area contributed by atoms with Gasteiger partial charge in [0.1, 0.15) is 6.04 Å². The van der Waals surface area contributed by atoms with Gasteiger partial charge in [-0.15, -0.1) is 0 Å². The van der Waals surface area contributed by atoms with Crippen molar-refractivity contribution < 1.29 is 22.8 Å². The molecule has 1 rings (SSSR count). The topological polar surface area (TPSA) is 72.2 Å². The maximum absolute atomic E-state index is 12.4. The van der Waals surface area contributed by atoms with Crippen LogP contribution in [0.25, 0.3) is 0 Å². The summed E-state index contributed by atoms with van der Waals surface area (Å²) < 4.78 is 37.3. The minimum atomic E-state index is -4.41. The highest BCUT2D eigenvalue weighted by molar-refractivity contribution is 5.87. The maximum atomic E-state index is 12.4. The number of hydrogen-bond acceptors (Lipinski definition) is 2. The molecular formula is C15H19F3N2O2. The second-order valence-corrected chi connectivity index (χ2v) is 5.52. The molecule has 0 unspecified atom stereocenters. The van der Waals surface area contributed by atoms with Crippen LogP contribution in [0.15, 0.2) is 24.3 Å². The molecule has 1 aromatic carbocycles. The van der Waals surface area contributed by atoms with Crippen LogP contribution in [0, 0.1) is 5.92 Å². The number of nitrogens with two attached hydrogens (primary N) is 1. The van der Waals surface area contributed by atoms with Crippen molar-refractivity contribution in [3.63, 3.8) is 0 Å². The first-order valence-corrected chi connectivity index (χ1v) is 6.84. The Hall–Kier alpha value is -2.05. The van der Waals surface area contributed by atoms with Crippen molar-refractivity contribution in [2.24, 2.45) is 11.7 Å². The largest absolute Gasteiger partial charge is 0.416 e. The number of benzene rings is 1. The molecule has 0 radical (unpaired) electrons. The van der Waals surface area contributed by atoms with Crippen molar-refractivity contribution in [3.05, 3.63) is 35.4 Å². The van der Waals surface area contributed by atoms with Gasteiger partial charge in [-0.3, -0.25) is 9.59 Å². The first-order valence-electron chi connectivity index (χ1n) is 6.84. The highest BCUT2D eigenvalue weighted by Crippen LogP contribution is 2.29. The van der Waals surface area contributed by atoms with Crippen molar-refractivity contribution in [1.29, 1.82) is 0 Å². The zero-order chi connectivity index (χ0) is 16.9. The van der Waals surface area contributed by atoms with Crippen LogP contribution in [0.1, 0.15) is 31.4 Å². The second kappa shape index (κ2) is 7.29. The van der Waals surface area contributed by atoms with Gasteiger partial charge in [-0.2, -0.15) is 13.2 Å². The van der Waals surface area contributed by atoms with Gasteiger partial charge in [0, 0.05) is 0 Å². The molecule has 3 N–H and O–H groups in total. The quantitative estimate of drug-likeness (QED) is 0.845. The van der Waals surface area contributed by atoms with E-state index in [0.717, 1.165) is 12.1 Å². The summed E-state index contributed by atoms with van der Waals surface area (Å²) in [5.41, 5.74) is 4.87. The van der Waals surface area contributed by atoms with Gasteiger partial charge in [-0.05, 0) is 30.0 Å². The van der Waals surface area contributed by atoms with Gasteiger partial charge in [0.05, 0.1) is 12.0 Å². The van der Waals surface area contributed by atoms with Gasteiger partial charge in [-0.1, -0.05) is 26.0 Å². The van der Waals surface area contributed by atoms with Gasteiger partial charge in [0.25, 0.3) is 0 Å². The minimum absolute atomic E-state index is 0.111. The monoisotopic (exact) mass is 316 g/mol. The molecule has 2 amide bonds. The second-order valence-electron chi connectivity index (χ2n) is 5.52. The third kappa shape index (κ3) is 5.75. The number of rotatable bonds is 6. The molecule has 0 saturated carbocycles. The Bertz CT molecular complexity index is 525. The third-order valence-corrected chi connectivity index (χ3v) is 3.03. The molecule has 0 aliphatic rings. The predicted octanol–water partition coefficient (Wildman–Crippen LogP) is 2.26. The van der Waals surface area contributed by atoms with Gasteiger partial charge >= 0.3 is 6.18 Å². The molecule has 22 heavy (non-hydrogen) atoms. The summed E-state index contributed by atoms with van der Waals surface area (Å²) in [7, 11) is 0. The maximum Gasteiger partial charge on any atom is 0.416 e. The SMILES string of the molecule is CC(C)C[C@@H](NC(=O)Cc1ccc(C(F)(F)F)cc1)C(N)=O. The molecule has 122 valence electrons. The van der Waals surface area contributed by atoms with E-state index in [1.807, 2.05) is 13.8 Å². The fourth-order valence-electron chi connectivity index (χ4n) is 1.96. The van der Waals surface area contributed by atoms with Crippen LogP contribution in [0.4, 0.5) is 13.2 Å². The lowest BCUT2D eigenvalue weighted by atomic mass is 10.0. The summed E-state index contributed by atoms with van der Waals surface area (Å²) in [6.45, 7) is 3.77. The Morgan fingerprint density at radius 2 is 1.73 bits per heavy atom. The first-order chi connectivity index (χ1) is 10.1. The normalized spacial score (nSPS) is 13.0. The van der Waals surface area contributed by atoms with Crippen LogP contribution in [0.2, 0.25) is 0 Å². The highest BCUT2D eigenvalue weighted by Gasteiger charge is 2.30. The fourth-order valence-corrected chi connectivity index (χ4v) is 1.96. The van der Waals surface area contributed by atoms with Gasteiger partial charge in [0.2, 0.25) is 11.8 Å². The van der Waals surface area contributed by atoms with E-state index >= 15 is 0 Å². The van der Waals surface area contributed by atoms with E-state index in [0.29, 0.717) is 12.0 Å². The molecule has 0 saturated heterocycles. The lowest BCUT2D eigenvalue weighted by Gasteiger charge is -2.17. The summed E-state index contributed by atoms with van der Waals surface area (Å²) in [6, 6.07) is 3.54. The molecule has 7 heteroatoms. The van der Waals surface area contributed by atoms with Crippen molar-refractivity contribution in [1.82, 2.24) is 5.32 Å². The molecule has 0 spiro atoms. The summed E-state index contributed by atoms with van der Waals surface area (Å²) >= 11 is 0. The Morgan fingerprint density at radius 3 is 2.14 bits per heavy atom. The van der Waals surface area contributed by atoms with E-state index in [4.69, 9.17) is 5.73 Å². The van der Waals surface area contributed by atoms with Crippen molar-refractivity contribution in [2.45, 2.75) is 38.9 Å². The average molecular weight is 316 g/mol. The molecule has 0 aromatic heterocycles. The van der Waals surface area contributed by atoms with Crippen molar-refractivity contribution in [3.8, 4) is 0 Å². The lowest BCUT2D eigenvalue weighted by molar-refractivity contribution is -0.137. The van der Waals surface area contributed by atoms with E-state index < -0.39 is 29.6 Å². The molecule has 1 aromatic rings. The van der Waals surface area contributed by atoms with E-state index in [9.17, 15) is 22.8 Å². The standard InChI is InChI=1S/C15H19F3N2O2/c1-9(2)7-12(14(19)22)20-13(21)8-10-3-5-11(6-4-10)15(16,17)18/h3-6,9,12H,7-8H2,1-2H3,(H2,19,22)(H,20,21)/t12-/m1/s1. The number of alkyl halides is 3. The molecule has 0 fully saturated rings. The van der Waals surface area contributed by atoms with Gasteiger partial charge in [-0.25, -0.2) is 0 Å². The molecule has 0 aliphatic heterocycles. The van der Waals surface area contributed by atoms with Crippen LogP contribution in [0.5, 0.6) is 0 Å². The minimum Gasteiger partial charge on any atom is -0.368 e. The van der Waals surface area contributed by atoms with Crippen LogP contribution < -0.4 is 11.1 Å². The van der Waals surface area contributed by atoms with Crippen LogP contribution in [0.3, 0.4) is 0 Å². The summed E-state index contributed by atoms with van der Waals surface area (Å²) in [5.74, 6) is -0.914. The summed E-state index contributed by atoms with van der Waals surface area (Å²) in [5, 5.41) is 2.51. The lowest BCUT2D eigenvalue weighted by Crippen LogP contribution is -2.45. The van der Waals surface area contributed by atoms with E-state index in [-0.39, 0.29) is 12.3 Å². The molecule has 0 bridgehead atoms. The van der Waals surface area contributed by atoms with Gasteiger partial charge in [0.15, 0.2) is 0 Å².